The number of carbonyl (C=O) groups excluding carboxylic acids is 1. The van der Waals surface area contributed by atoms with Crippen molar-refractivity contribution in [1.82, 2.24) is 0 Å². The van der Waals surface area contributed by atoms with Crippen LogP contribution < -0.4 is 14.2 Å². The third-order valence-corrected chi connectivity index (χ3v) is 5.12. The lowest BCUT2D eigenvalue weighted by molar-refractivity contribution is -0.142. The maximum Gasteiger partial charge on any atom is 0.311 e. The van der Waals surface area contributed by atoms with E-state index in [1.54, 1.807) is 14.2 Å². The number of hydrogen-bond acceptors (Lipinski definition) is 6. The van der Waals surface area contributed by atoms with Crippen LogP contribution in [0.1, 0.15) is 17.2 Å². The molecule has 2 aliphatic heterocycles. The zero-order valence-corrected chi connectivity index (χ0v) is 15.3. The lowest BCUT2D eigenvalue weighted by atomic mass is 9.90. The molecule has 0 aromatic heterocycles. The minimum Gasteiger partial charge on any atom is -0.493 e. The van der Waals surface area contributed by atoms with Gasteiger partial charge in [-0.1, -0.05) is 30.3 Å². The van der Waals surface area contributed by atoms with Crippen LogP contribution in [-0.2, 0) is 20.9 Å². The van der Waals surface area contributed by atoms with Crippen LogP contribution in [0.15, 0.2) is 42.5 Å². The van der Waals surface area contributed by atoms with Gasteiger partial charge in [-0.3, -0.25) is 4.79 Å². The van der Waals surface area contributed by atoms with Crippen LogP contribution in [0.4, 0.5) is 0 Å². The zero-order chi connectivity index (χ0) is 18.8. The summed E-state index contributed by atoms with van der Waals surface area (Å²) in [4.78, 5) is 11.8. The highest BCUT2D eigenvalue weighted by Crippen LogP contribution is 2.47. The number of esters is 1. The maximum atomic E-state index is 11.8. The van der Waals surface area contributed by atoms with Gasteiger partial charge in [0.05, 0.1) is 39.5 Å². The Labute approximate surface area is 157 Å². The summed E-state index contributed by atoms with van der Waals surface area (Å²) < 4.78 is 28.2. The van der Waals surface area contributed by atoms with Gasteiger partial charge in [-0.15, -0.1) is 0 Å². The van der Waals surface area contributed by atoms with Crippen LogP contribution in [0, 0.1) is 11.8 Å². The Bertz CT molecular complexity index is 794. The van der Waals surface area contributed by atoms with Crippen LogP contribution in [0.5, 0.6) is 17.2 Å². The van der Waals surface area contributed by atoms with Gasteiger partial charge in [0.1, 0.15) is 6.61 Å². The van der Waals surface area contributed by atoms with Gasteiger partial charge in [0.2, 0.25) is 5.75 Å². The van der Waals surface area contributed by atoms with E-state index in [4.69, 9.17) is 23.7 Å². The molecular weight excluding hydrogens is 348 g/mol. The number of methoxy groups -OCH3 is 2. The first-order valence-electron chi connectivity index (χ1n) is 8.92. The van der Waals surface area contributed by atoms with Crippen molar-refractivity contribution in [3.8, 4) is 17.2 Å². The number of cyclic esters (lactones) is 1. The largest absolute Gasteiger partial charge is 0.493 e. The average Bonchev–Trinajstić information content (AvgIpc) is 3.29. The second kappa shape index (κ2) is 7.48. The Hall–Kier alpha value is -2.73. The molecule has 2 heterocycles. The lowest BCUT2D eigenvalue weighted by Gasteiger charge is -2.20. The number of fused-ring (bicyclic) bond motifs is 1. The standard InChI is InChI=1S/C21H22O6/c1-23-17-8-14(19-15-11-27-21(22)16(15)12-26-19)9-18(24-2)20(17)25-10-13-6-4-3-5-7-13/h3-9,15-16,19H,10-12H2,1-2H3. The van der Waals surface area contributed by atoms with Gasteiger partial charge < -0.3 is 23.7 Å². The Morgan fingerprint density at radius 3 is 2.41 bits per heavy atom. The van der Waals surface area contributed by atoms with E-state index in [1.165, 1.54) is 0 Å². The second-order valence-corrected chi connectivity index (χ2v) is 6.68. The van der Waals surface area contributed by atoms with E-state index in [1.807, 2.05) is 42.5 Å². The Kier molecular flexibility index (Phi) is 4.90. The quantitative estimate of drug-likeness (QED) is 0.728. The number of hydrogen-bond donors (Lipinski definition) is 0. The zero-order valence-electron chi connectivity index (χ0n) is 15.3. The third-order valence-electron chi connectivity index (χ3n) is 5.12. The fourth-order valence-electron chi connectivity index (χ4n) is 3.68. The van der Waals surface area contributed by atoms with Gasteiger partial charge in [0, 0.05) is 5.92 Å². The Morgan fingerprint density at radius 1 is 1.04 bits per heavy atom. The molecule has 0 spiro atoms. The minimum absolute atomic E-state index is 0.0167. The monoisotopic (exact) mass is 370 g/mol. The molecule has 3 atom stereocenters. The first-order valence-corrected chi connectivity index (χ1v) is 8.92. The van der Waals surface area contributed by atoms with Crippen LogP contribution in [0.3, 0.4) is 0 Å². The van der Waals surface area contributed by atoms with Gasteiger partial charge in [-0.05, 0) is 23.3 Å². The first kappa shape index (κ1) is 17.7. The fourth-order valence-corrected chi connectivity index (χ4v) is 3.68. The lowest BCUT2D eigenvalue weighted by Crippen LogP contribution is -2.15. The number of carbonyl (C=O) groups is 1. The molecule has 27 heavy (non-hydrogen) atoms. The molecule has 0 bridgehead atoms. The minimum atomic E-state index is -0.229. The Morgan fingerprint density at radius 2 is 1.74 bits per heavy atom. The van der Waals surface area contributed by atoms with Crippen molar-refractivity contribution in [1.29, 1.82) is 0 Å². The third kappa shape index (κ3) is 3.32. The summed E-state index contributed by atoms with van der Waals surface area (Å²) in [5, 5.41) is 0. The van der Waals surface area contributed by atoms with Crippen LogP contribution in [0.25, 0.3) is 0 Å². The van der Waals surface area contributed by atoms with Crippen molar-refractivity contribution in [3.05, 3.63) is 53.6 Å². The Balaban J connectivity index is 1.61. The van der Waals surface area contributed by atoms with Crippen molar-refractivity contribution < 1.29 is 28.5 Å². The molecule has 2 aromatic rings. The normalized spacial score (nSPS) is 23.6. The molecule has 0 radical (unpaired) electrons. The topological polar surface area (TPSA) is 63.2 Å². The molecule has 2 saturated heterocycles. The predicted octanol–water partition coefficient (Wildman–Crippen LogP) is 3.14. The summed E-state index contributed by atoms with van der Waals surface area (Å²) in [6.45, 7) is 1.16. The van der Waals surface area contributed by atoms with Crippen LogP contribution in [-0.4, -0.2) is 33.4 Å². The first-order chi connectivity index (χ1) is 13.2. The fraction of sp³-hybridized carbons (Fsp3) is 0.381. The summed E-state index contributed by atoms with van der Waals surface area (Å²) >= 11 is 0. The molecule has 3 unspecified atom stereocenters. The highest BCUT2D eigenvalue weighted by atomic mass is 16.6. The highest BCUT2D eigenvalue weighted by molar-refractivity contribution is 5.75. The van der Waals surface area contributed by atoms with Gasteiger partial charge >= 0.3 is 5.97 Å². The predicted molar refractivity (Wildman–Crippen MR) is 97.0 cm³/mol. The van der Waals surface area contributed by atoms with E-state index in [9.17, 15) is 4.79 Å². The number of ether oxygens (including phenoxy) is 5. The van der Waals surface area contributed by atoms with Crippen molar-refractivity contribution in [2.75, 3.05) is 27.4 Å². The smallest absolute Gasteiger partial charge is 0.311 e. The van der Waals surface area contributed by atoms with Crippen molar-refractivity contribution in [2.24, 2.45) is 11.8 Å². The molecule has 0 N–H and O–H groups in total. The molecule has 2 fully saturated rings. The summed E-state index contributed by atoms with van der Waals surface area (Å²) in [5.41, 5.74) is 1.94. The van der Waals surface area contributed by atoms with E-state index in [2.05, 4.69) is 0 Å². The SMILES string of the molecule is COc1cc(C2OCC3C(=O)OCC32)cc(OC)c1OCc1ccccc1. The van der Waals surface area contributed by atoms with Crippen molar-refractivity contribution >= 4 is 5.97 Å². The second-order valence-electron chi connectivity index (χ2n) is 6.68. The van der Waals surface area contributed by atoms with Crippen LogP contribution in [0.2, 0.25) is 0 Å². The molecule has 0 aliphatic carbocycles. The molecule has 142 valence electrons. The summed E-state index contributed by atoms with van der Waals surface area (Å²) in [6.07, 6.45) is -0.229. The van der Waals surface area contributed by atoms with Gasteiger partial charge in [0.25, 0.3) is 0 Å². The van der Waals surface area contributed by atoms with Crippen molar-refractivity contribution in [3.63, 3.8) is 0 Å². The average molecular weight is 370 g/mol. The molecule has 4 rings (SSSR count). The van der Waals surface area contributed by atoms with Gasteiger partial charge in [-0.2, -0.15) is 0 Å². The number of rotatable bonds is 6. The molecule has 2 aliphatic rings. The molecular formula is C21H22O6. The van der Waals surface area contributed by atoms with E-state index in [-0.39, 0.29) is 23.9 Å². The van der Waals surface area contributed by atoms with Crippen molar-refractivity contribution in [2.45, 2.75) is 12.7 Å². The molecule has 6 nitrogen and oxygen atoms in total. The summed E-state index contributed by atoms with van der Waals surface area (Å²) in [6, 6.07) is 13.7. The molecule has 2 aromatic carbocycles. The van der Waals surface area contributed by atoms with E-state index < -0.39 is 0 Å². The number of benzene rings is 2. The van der Waals surface area contributed by atoms with E-state index in [0.717, 1.165) is 11.1 Å². The summed E-state index contributed by atoms with van der Waals surface area (Å²) in [7, 11) is 3.18. The van der Waals surface area contributed by atoms with E-state index in [0.29, 0.717) is 37.1 Å². The molecule has 6 heteroatoms. The summed E-state index contributed by atoms with van der Waals surface area (Å²) in [5.74, 6) is 1.32. The van der Waals surface area contributed by atoms with Crippen LogP contribution >= 0.6 is 0 Å². The van der Waals surface area contributed by atoms with Gasteiger partial charge in [-0.25, -0.2) is 0 Å². The highest BCUT2D eigenvalue weighted by Gasteiger charge is 2.48. The molecule has 0 amide bonds. The molecule has 0 saturated carbocycles. The van der Waals surface area contributed by atoms with Gasteiger partial charge in [0.15, 0.2) is 11.5 Å². The van der Waals surface area contributed by atoms with E-state index >= 15 is 0 Å². The maximum absolute atomic E-state index is 11.8.